The summed E-state index contributed by atoms with van der Waals surface area (Å²) in [5.41, 5.74) is -1.70. The number of Topliss-reactive ketones (excluding diaryl/α,β-unsaturated/α-hetero) is 1. The quantitative estimate of drug-likeness (QED) is 0.104. The molecule has 3 unspecified atom stereocenters. The average molecular weight is 699 g/mol. The first-order valence-electron chi connectivity index (χ1n) is 17.7. The number of hydrogen-bond acceptors (Lipinski definition) is 8. The van der Waals surface area contributed by atoms with Gasteiger partial charge in [-0.3, -0.25) is 9.59 Å². The Labute approximate surface area is 320 Å². The molecule has 0 heterocycles. The summed E-state index contributed by atoms with van der Waals surface area (Å²) < 4.78 is 21.7. The SMILES string of the molecule is C.CCOC(C)CCCC(C)(C)C(=O)OC(C)(C)C.CCOC(C)CCCC(C)(C)C(=O)[O-].CCOC(C)CCCC(C)(C)C(C)=O.[Na+]. The van der Waals surface area contributed by atoms with E-state index in [-0.39, 0.29) is 66.4 Å². The molecule has 0 amide bonds. The molecule has 48 heavy (non-hydrogen) atoms. The zero-order valence-electron chi connectivity index (χ0n) is 34.0. The first-order valence-corrected chi connectivity index (χ1v) is 17.7. The Morgan fingerprint density at radius 3 is 1.12 bits per heavy atom. The predicted octanol–water partition coefficient (Wildman–Crippen LogP) is 6.14. The van der Waals surface area contributed by atoms with Gasteiger partial charge in [-0.25, -0.2) is 0 Å². The van der Waals surface area contributed by atoms with E-state index in [9.17, 15) is 19.5 Å². The summed E-state index contributed by atoms with van der Waals surface area (Å²) in [6.45, 7) is 33.1. The molecule has 0 rings (SSSR count). The van der Waals surface area contributed by atoms with Crippen molar-refractivity contribution in [2.75, 3.05) is 19.8 Å². The topological polar surface area (TPSA) is 111 Å². The maximum Gasteiger partial charge on any atom is 1.00 e. The molecule has 0 aliphatic rings. The molecular weight excluding hydrogens is 619 g/mol. The van der Waals surface area contributed by atoms with Gasteiger partial charge in [-0.1, -0.05) is 35.1 Å². The smallest absolute Gasteiger partial charge is 0.550 e. The minimum absolute atomic E-state index is 0. The van der Waals surface area contributed by atoms with Gasteiger partial charge in [-0.15, -0.1) is 0 Å². The van der Waals surface area contributed by atoms with Gasteiger partial charge in [0.25, 0.3) is 0 Å². The second kappa shape index (κ2) is 29.1. The number of carboxylic acid groups (broad SMARTS) is 1. The normalized spacial score (nSPS) is 13.6. The number of aliphatic carboxylic acids is 1. The maximum absolute atomic E-state index is 12.0. The standard InChI is InChI=1S/C15H30O3.C12H24O2.C11H22O3.CH4.Na/c1-8-17-12(2)10-9-11-15(6,7)13(16)18-14(3,4)5;1-6-14-10(2)8-7-9-12(4,5)11(3)13;1-5-14-9(2)7-6-8-11(3,4)10(12)13;;/h12H,8-11H2,1-7H3;10H,6-9H2,1-5H3;9H,5-8H2,1-4H3,(H,12,13);1H4;/q;;;;+1/p-1. The molecule has 0 aliphatic heterocycles. The van der Waals surface area contributed by atoms with Crippen molar-refractivity contribution in [1.82, 2.24) is 0 Å². The van der Waals surface area contributed by atoms with E-state index in [1.807, 2.05) is 76.2 Å². The third-order valence-electron chi connectivity index (χ3n) is 8.05. The van der Waals surface area contributed by atoms with Gasteiger partial charge in [-0.05, 0) is 141 Å². The second-order valence-electron chi connectivity index (χ2n) is 15.5. The molecule has 0 aromatic rings. The van der Waals surface area contributed by atoms with Crippen LogP contribution in [0.5, 0.6) is 0 Å². The van der Waals surface area contributed by atoms with Crippen molar-refractivity contribution in [2.24, 2.45) is 16.2 Å². The summed E-state index contributed by atoms with van der Waals surface area (Å²) in [6.07, 6.45) is 9.09. The molecule has 0 saturated carbocycles. The molecule has 0 aromatic heterocycles. The number of carbonyl (C=O) groups is 3. The van der Waals surface area contributed by atoms with Crippen molar-refractivity contribution in [3.63, 3.8) is 0 Å². The van der Waals surface area contributed by atoms with Gasteiger partial charge in [0, 0.05) is 36.6 Å². The summed E-state index contributed by atoms with van der Waals surface area (Å²) in [7, 11) is 0. The van der Waals surface area contributed by atoms with E-state index in [2.05, 4.69) is 13.8 Å². The third kappa shape index (κ3) is 32.7. The number of ether oxygens (including phenoxy) is 4. The Balaban J connectivity index is -0.000000191. The van der Waals surface area contributed by atoms with Crippen LogP contribution < -0.4 is 34.7 Å². The van der Waals surface area contributed by atoms with Crippen molar-refractivity contribution >= 4 is 17.7 Å². The Bertz CT molecular complexity index is 777. The van der Waals surface area contributed by atoms with Gasteiger partial charge in [0.1, 0.15) is 11.4 Å². The van der Waals surface area contributed by atoms with E-state index in [0.717, 1.165) is 64.6 Å². The van der Waals surface area contributed by atoms with E-state index in [4.69, 9.17) is 18.9 Å². The van der Waals surface area contributed by atoms with E-state index >= 15 is 0 Å². The average Bonchev–Trinajstić information content (AvgIpc) is 2.88. The number of carbonyl (C=O) groups excluding carboxylic acids is 3. The molecule has 284 valence electrons. The Morgan fingerprint density at radius 2 is 0.875 bits per heavy atom. The van der Waals surface area contributed by atoms with Crippen LogP contribution in [0.25, 0.3) is 0 Å². The fourth-order valence-corrected chi connectivity index (χ4v) is 4.39. The summed E-state index contributed by atoms with van der Waals surface area (Å²) in [5.74, 6) is -0.804. The van der Waals surface area contributed by atoms with Gasteiger partial charge in [0.05, 0.1) is 23.7 Å². The molecule has 0 aromatic carbocycles. The third-order valence-corrected chi connectivity index (χ3v) is 8.05. The molecular formula is C39H79NaO8. The van der Waals surface area contributed by atoms with Gasteiger partial charge < -0.3 is 28.8 Å². The molecule has 0 aliphatic carbocycles. The fraction of sp³-hybridized carbons (Fsp3) is 0.923. The van der Waals surface area contributed by atoms with Crippen molar-refractivity contribution < 1.29 is 68.0 Å². The zero-order chi connectivity index (χ0) is 36.8. The number of hydrogen-bond donors (Lipinski definition) is 0. The summed E-state index contributed by atoms with van der Waals surface area (Å²) >= 11 is 0. The van der Waals surface area contributed by atoms with Crippen LogP contribution in [0.15, 0.2) is 0 Å². The molecule has 0 radical (unpaired) electrons. The molecule has 0 N–H and O–H groups in total. The predicted molar refractivity (Wildman–Crippen MR) is 194 cm³/mol. The van der Waals surface area contributed by atoms with Crippen LogP contribution in [0, 0.1) is 16.2 Å². The summed E-state index contributed by atoms with van der Waals surface area (Å²) in [6, 6.07) is 0. The summed E-state index contributed by atoms with van der Waals surface area (Å²) in [4.78, 5) is 33.9. The largest absolute Gasteiger partial charge is 1.00 e. The molecule has 0 bridgehead atoms. The molecule has 0 fully saturated rings. The van der Waals surface area contributed by atoms with Gasteiger partial charge in [0.15, 0.2) is 0 Å². The Morgan fingerprint density at radius 1 is 0.583 bits per heavy atom. The minimum Gasteiger partial charge on any atom is -0.550 e. The van der Waals surface area contributed by atoms with Crippen LogP contribution in [0.1, 0.15) is 176 Å². The van der Waals surface area contributed by atoms with Gasteiger partial charge in [-0.2, -0.15) is 0 Å². The first kappa shape index (κ1) is 56.9. The summed E-state index contributed by atoms with van der Waals surface area (Å²) in [5, 5.41) is 10.7. The molecule has 9 heteroatoms. The minimum atomic E-state index is -0.971. The van der Waals surface area contributed by atoms with Gasteiger partial charge >= 0.3 is 35.5 Å². The van der Waals surface area contributed by atoms with Crippen LogP contribution in [-0.2, 0) is 33.3 Å². The number of esters is 1. The van der Waals surface area contributed by atoms with Crippen molar-refractivity contribution in [2.45, 2.75) is 200 Å². The Kier molecular flexibility index (Phi) is 34.5. The van der Waals surface area contributed by atoms with E-state index in [1.165, 1.54) is 0 Å². The molecule has 0 spiro atoms. The first-order chi connectivity index (χ1) is 20.9. The van der Waals surface area contributed by atoms with Crippen LogP contribution >= 0.6 is 0 Å². The second-order valence-corrected chi connectivity index (χ2v) is 15.5. The Hall–Kier alpha value is -0.510. The number of carboxylic acids is 1. The van der Waals surface area contributed by atoms with Crippen LogP contribution in [-0.4, -0.2) is 61.5 Å². The van der Waals surface area contributed by atoms with Crippen LogP contribution in [0.2, 0.25) is 0 Å². The number of ketones is 1. The fourth-order valence-electron chi connectivity index (χ4n) is 4.39. The van der Waals surface area contributed by atoms with Crippen LogP contribution in [0.3, 0.4) is 0 Å². The van der Waals surface area contributed by atoms with E-state index in [0.29, 0.717) is 19.1 Å². The maximum atomic E-state index is 12.0. The van der Waals surface area contributed by atoms with Crippen molar-refractivity contribution in [3.05, 3.63) is 0 Å². The van der Waals surface area contributed by atoms with Crippen molar-refractivity contribution in [1.29, 1.82) is 0 Å². The van der Waals surface area contributed by atoms with E-state index in [1.54, 1.807) is 20.8 Å². The van der Waals surface area contributed by atoms with Gasteiger partial charge in [0.2, 0.25) is 0 Å². The zero-order valence-corrected chi connectivity index (χ0v) is 36.0. The molecule has 8 nitrogen and oxygen atoms in total. The number of rotatable bonds is 21. The van der Waals surface area contributed by atoms with Crippen molar-refractivity contribution in [3.8, 4) is 0 Å². The van der Waals surface area contributed by atoms with Crippen LogP contribution in [0.4, 0.5) is 0 Å². The van der Waals surface area contributed by atoms with E-state index < -0.39 is 22.4 Å². The monoisotopic (exact) mass is 699 g/mol. The molecule has 0 saturated heterocycles. The molecule has 3 atom stereocenters.